The minimum Gasteiger partial charge on any atom is -0.477 e. The molecule has 2 aromatic heterocycles. The van der Waals surface area contributed by atoms with Gasteiger partial charge in [0.2, 0.25) is 5.88 Å². The summed E-state index contributed by atoms with van der Waals surface area (Å²) in [7, 11) is 0. The van der Waals surface area contributed by atoms with Crippen LogP contribution in [0.4, 0.5) is 4.39 Å². The van der Waals surface area contributed by atoms with Gasteiger partial charge in [-0.1, -0.05) is 23.7 Å². The molecule has 0 aliphatic carbocycles. The SMILES string of the molecule is Fc1ccccc1Cl.O=c1[nH]nc(-c2cccnc2OCC2CNCCOC2)o1. The van der Waals surface area contributed by atoms with Crippen LogP contribution in [0.15, 0.2) is 51.8 Å². The number of pyridine rings is 1. The number of benzene rings is 1. The van der Waals surface area contributed by atoms with Crippen LogP contribution >= 0.6 is 11.6 Å². The zero-order chi connectivity index (χ0) is 20.5. The maximum atomic E-state index is 12.2. The van der Waals surface area contributed by atoms with Gasteiger partial charge in [0.05, 0.1) is 24.8 Å². The molecule has 29 heavy (non-hydrogen) atoms. The Balaban J connectivity index is 0.000000252. The Labute approximate surface area is 171 Å². The van der Waals surface area contributed by atoms with Gasteiger partial charge in [-0.25, -0.2) is 19.3 Å². The third kappa shape index (κ3) is 6.38. The number of hydrogen-bond donors (Lipinski definition) is 2. The zero-order valence-electron chi connectivity index (χ0n) is 15.4. The van der Waals surface area contributed by atoms with E-state index in [4.69, 9.17) is 25.5 Å². The molecular formula is C19H20ClFN4O4. The van der Waals surface area contributed by atoms with Crippen molar-refractivity contribution in [3.8, 4) is 17.3 Å². The fraction of sp³-hybridized carbons (Fsp3) is 0.316. The first-order valence-electron chi connectivity index (χ1n) is 8.95. The van der Waals surface area contributed by atoms with Gasteiger partial charge in [-0.2, -0.15) is 0 Å². The van der Waals surface area contributed by atoms with Crippen LogP contribution in [0, 0.1) is 11.7 Å². The summed E-state index contributed by atoms with van der Waals surface area (Å²) in [6, 6.07) is 9.59. The van der Waals surface area contributed by atoms with Gasteiger partial charge in [-0.05, 0) is 24.3 Å². The summed E-state index contributed by atoms with van der Waals surface area (Å²) in [5.41, 5.74) is 0.540. The molecule has 0 spiro atoms. The molecule has 1 aliphatic rings. The first kappa shape index (κ1) is 21.0. The monoisotopic (exact) mass is 422 g/mol. The van der Waals surface area contributed by atoms with Crippen molar-refractivity contribution in [3.05, 3.63) is 64.0 Å². The third-order valence-electron chi connectivity index (χ3n) is 3.93. The van der Waals surface area contributed by atoms with E-state index in [1.54, 1.807) is 30.5 Å². The van der Waals surface area contributed by atoms with Crippen LogP contribution in [-0.4, -0.2) is 48.1 Å². The highest BCUT2D eigenvalue weighted by molar-refractivity contribution is 6.30. The lowest BCUT2D eigenvalue weighted by Crippen LogP contribution is -2.27. The molecule has 1 unspecified atom stereocenters. The molecule has 2 N–H and O–H groups in total. The Kier molecular flexibility index (Phi) is 7.74. The Morgan fingerprint density at radius 1 is 1.28 bits per heavy atom. The number of halogens is 2. The quantitative estimate of drug-likeness (QED) is 0.666. The number of nitrogens with one attached hydrogen (secondary N) is 2. The van der Waals surface area contributed by atoms with Crippen molar-refractivity contribution in [2.24, 2.45) is 5.92 Å². The summed E-state index contributed by atoms with van der Waals surface area (Å²) in [6.07, 6.45) is 1.62. The lowest BCUT2D eigenvalue weighted by molar-refractivity contribution is 0.101. The summed E-state index contributed by atoms with van der Waals surface area (Å²) in [4.78, 5) is 15.2. The van der Waals surface area contributed by atoms with Crippen LogP contribution in [-0.2, 0) is 4.74 Å². The Hall–Kier alpha value is -2.75. The highest BCUT2D eigenvalue weighted by Crippen LogP contribution is 2.25. The Bertz CT molecular complexity index is 936. The molecule has 0 radical (unpaired) electrons. The Morgan fingerprint density at radius 2 is 2.14 bits per heavy atom. The van der Waals surface area contributed by atoms with Crippen molar-refractivity contribution in [2.75, 3.05) is 32.9 Å². The minimum absolute atomic E-state index is 0.165. The number of aromatic amines is 1. The highest BCUT2D eigenvalue weighted by Gasteiger charge is 2.17. The summed E-state index contributed by atoms with van der Waals surface area (Å²) in [5.74, 6) is -0.181. The molecule has 1 aliphatic heterocycles. The largest absolute Gasteiger partial charge is 0.477 e. The first-order valence-corrected chi connectivity index (χ1v) is 9.33. The highest BCUT2D eigenvalue weighted by atomic mass is 35.5. The van der Waals surface area contributed by atoms with Crippen LogP contribution in [0.25, 0.3) is 11.5 Å². The topological polar surface area (TPSA) is 102 Å². The smallest absolute Gasteiger partial charge is 0.434 e. The predicted molar refractivity (Wildman–Crippen MR) is 104 cm³/mol. The van der Waals surface area contributed by atoms with Crippen LogP contribution < -0.4 is 15.8 Å². The zero-order valence-corrected chi connectivity index (χ0v) is 16.2. The van der Waals surface area contributed by atoms with Gasteiger partial charge in [0.25, 0.3) is 5.89 Å². The van der Waals surface area contributed by atoms with Crippen LogP contribution in [0.5, 0.6) is 5.88 Å². The van der Waals surface area contributed by atoms with E-state index < -0.39 is 5.76 Å². The van der Waals surface area contributed by atoms with Gasteiger partial charge in [0.1, 0.15) is 11.4 Å². The number of nitrogens with zero attached hydrogens (tertiary/aromatic N) is 2. The molecule has 0 amide bonds. The van der Waals surface area contributed by atoms with Gasteiger partial charge in [0, 0.05) is 25.2 Å². The fourth-order valence-corrected chi connectivity index (χ4v) is 2.65. The van der Waals surface area contributed by atoms with Crippen molar-refractivity contribution < 1.29 is 18.3 Å². The van der Waals surface area contributed by atoms with Crippen LogP contribution in [0.1, 0.15) is 0 Å². The molecule has 3 heterocycles. The van der Waals surface area contributed by atoms with Gasteiger partial charge in [0.15, 0.2) is 0 Å². The lowest BCUT2D eigenvalue weighted by Gasteiger charge is -2.15. The number of hydrogen-bond acceptors (Lipinski definition) is 7. The summed E-state index contributed by atoms with van der Waals surface area (Å²) < 4.78 is 28.4. The molecule has 154 valence electrons. The molecule has 0 saturated carbocycles. The molecule has 4 rings (SSSR count). The van der Waals surface area contributed by atoms with Crippen molar-refractivity contribution in [3.63, 3.8) is 0 Å². The summed E-state index contributed by atoms with van der Waals surface area (Å²) >= 11 is 5.33. The fourth-order valence-electron chi connectivity index (χ4n) is 2.52. The van der Waals surface area contributed by atoms with Crippen molar-refractivity contribution in [2.45, 2.75) is 0 Å². The van der Waals surface area contributed by atoms with Crippen molar-refractivity contribution in [1.82, 2.24) is 20.5 Å². The molecule has 3 aromatic rings. The van der Waals surface area contributed by atoms with E-state index >= 15 is 0 Å². The minimum atomic E-state index is -0.610. The van der Waals surface area contributed by atoms with E-state index in [1.807, 2.05) is 0 Å². The van der Waals surface area contributed by atoms with Crippen molar-refractivity contribution >= 4 is 11.6 Å². The molecule has 8 nitrogen and oxygen atoms in total. The van der Waals surface area contributed by atoms with Gasteiger partial charge in [-0.15, -0.1) is 5.10 Å². The second-order valence-corrected chi connectivity index (χ2v) is 6.55. The lowest BCUT2D eigenvalue weighted by atomic mass is 10.2. The van der Waals surface area contributed by atoms with E-state index in [0.29, 0.717) is 31.3 Å². The maximum absolute atomic E-state index is 12.2. The Morgan fingerprint density at radius 3 is 2.86 bits per heavy atom. The molecule has 1 fully saturated rings. The second-order valence-electron chi connectivity index (χ2n) is 6.14. The molecular weight excluding hydrogens is 403 g/mol. The van der Waals surface area contributed by atoms with E-state index in [0.717, 1.165) is 13.1 Å². The average molecular weight is 423 g/mol. The van der Waals surface area contributed by atoms with E-state index in [-0.39, 0.29) is 22.6 Å². The standard InChI is InChI=1S/C13H16N4O4.C6H4ClF/c18-13-17-16-12(21-13)10-2-1-3-15-11(10)20-8-9-6-14-4-5-19-7-9;7-5-3-1-2-4-6(5)8/h1-3,9,14H,4-8H2,(H,17,18);1-4H. The third-order valence-corrected chi connectivity index (χ3v) is 4.24. The van der Waals surface area contributed by atoms with Crippen LogP contribution in [0.3, 0.4) is 0 Å². The second kappa shape index (κ2) is 10.7. The first-order chi connectivity index (χ1) is 14.1. The summed E-state index contributed by atoms with van der Waals surface area (Å²) in [6.45, 7) is 3.51. The normalized spacial score (nSPS) is 16.4. The molecule has 1 atom stereocenters. The van der Waals surface area contributed by atoms with E-state index in [2.05, 4.69) is 20.5 Å². The predicted octanol–water partition coefficient (Wildman–Crippen LogP) is 2.52. The summed E-state index contributed by atoms with van der Waals surface area (Å²) in [5, 5.41) is 9.47. The maximum Gasteiger partial charge on any atom is 0.434 e. The number of ether oxygens (including phenoxy) is 2. The molecule has 10 heteroatoms. The number of aromatic nitrogens is 3. The molecule has 0 bridgehead atoms. The van der Waals surface area contributed by atoms with Gasteiger partial charge < -0.3 is 19.2 Å². The molecule has 1 saturated heterocycles. The van der Waals surface area contributed by atoms with E-state index in [1.165, 1.54) is 12.1 Å². The van der Waals surface area contributed by atoms with Crippen LogP contribution in [0.2, 0.25) is 5.02 Å². The molecule has 1 aromatic carbocycles. The number of H-pyrrole nitrogens is 1. The number of rotatable bonds is 4. The van der Waals surface area contributed by atoms with Crippen molar-refractivity contribution in [1.29, 1.82) is 0 Å². The van der Waals surface area contributed by atoms with E-state index in [9.17, 15) is 9.18 Å². The van der Waals surface area contributed by atoms with Gasteiger partial charge >= 0.3 is 5.76 Å². The van der Waals surface area contributed by atoms with Gasteiger partial charge in [-0.3, -0.25) is 0 Å². The average Bonchev–Trinajstić information content (AvgIpc) is 3.00.